The molecular weight excluding hydrogens is 342 g/mol. The number of hydrogen-bond acceptors (Lipinski definition) is 5. The number of pyridine rings is 1. The van der Waals surface area contributed by atoms with Gasteiger partial charge in [0, 0.05) is 18.3 Å². The predicted molar refractivity (Wildman–Crippen MR) is 106 cm³/mol. The molecule has 0 unspecified atom stereocenters. The fourth-order valence-corrected chi connectivity index (χ4v) is 2.51. The molecule has 27 heavy (non-hydrogen) atoms. The second-order valence-corrected chi connectivity index (χ2v) is 6.84. The molecule has 0 aliphatic rings. The van der Waals surface area contributed by atoms with Crippen LogP contribution < -0.4 is 20.5 Å². The summed E-state index contributed by atoms with van der Waals surface area (Å²) in [5, 5.41) is 2.86. The Bertz CT molecular complexity index is 717. The number of carbonyl (C=O) groups is 1. The maximum absolute atomic E-state index is 12.1. The van der Waals surface area contributed by atoms with E-state index in [4.69, 9.17) is 15.2 Å². The summed E-state index contributed by atoms with van der Waals surface area (Å²) in [6, 6.07) is 10.6. The molecule has 2 rings (SSSR count). The molecule has 0 fully saturated rings. The molecule has 1 heterocycles. The van der Waals surface area contributed by atoms with E-state index in [0.29, 0.717) is 37.1 Å². The van der Waals surface area contributed by atoms with Gasteiger partial charge in [0.2, 0.25) is 11.8 Å². The van der Waals surface area contributed by atoms with Gasteiger partial charge in [-0.1, -0.05) is 26.8 Å². The highest BCUT2D eigenvalue weighted by Crippen LogP contribution is 2.25. The third-order valence-electron chi connectivity index (χ3n) is 3.88. The van der Waals surface area contributed by atoms with Crippen molar-refractivity contribution < 1.29 is 14.3 Å². The average molecular weight is 371 g/mol. The lowest BCUT2D eigenvalue weighted by Gasteiger charge is -2.15. The fraction of sp³-hybridized carbons (Fsp3) is 0.429. The Hall–Kier alpha value is -2.60. The maximum atomic E-state index is 12.1. The second kappa shape index (κ2) is 10.5. The van der Waals surface area contributed by atoms with Crippen molar-refractivity contribution in [1.82, 2.24) is 10.3 Å². The topological polar surface area (TPSA) is 86.5 Å². The first kappa shape index (κ1) is 20.7. The van der Waals surface area contributed by atoms with Crippen LogP contribution in [0.2, 0.25) is 0 Å². The van der Waals surface area contributed by atoms with E-state index in [1.54, 1.807) is 6.20 Å². The summed E-state index contributed by atoms with van der Waals surface area (Å²) < 4.78 is 11.4. The van der Waals surface area contributed by atoms with Crippen molar-refractivity contribution in [2.24, 2.45) is 11.7 Å². The SMILES string of the molecule is CCCOc1ccc(Oc2ncccc2CNC(=O)[C@@H](N)CC(C)C)cc1. The molecule has 0 aliphatic carbocycles. The minimum absolute atomic E-state index is 0.170. The zero-order valence-corrected chi connectivity index (χ0v) is 16.3. The van der Waals surface area contributed by atoms with Crippen molar-refractivity contribution in [1.29, 1.82) is 0 Å². The zero-order valence-electron chi connectivity index (χ0n) is 16.3. The monoisotopic (exact) mass is 371 g/mol. The summed E-state index contributed by atoms with van der Waals surface area (Å²) in [6.07, 6.45) is 3.26. The minimum Gasteiger partial charge on any atom is -0.494 e. The summed E-state index contributed by atoms with van der Waals surface area (Å²) in [6.45, 7) is 7.14. The number of ether oxygens (including phenoxy) is 2. The highest BCUT2D eigenvalue weighted by atomic mass is 16.5. The van der Waals surface area contributed by atoms with Gasteiger partial charge in [-0.3, -0.25) is 4.79 Å². The van der Waals surface area contributed by atoms with E-state index in [9.17, 15) is 4.79 Å². The highest BCUT2D eigenvalue weighted by molar-refractivity contribution is 5.81. The van der Waals surface area contributed by atoms with Crippen LogP contribution in [0.15, 0.2) is 42.6 Å². The molecule has 0 saturated carbocycles. The first-order chi connectivity index (χ1) is 13.0. The molecular formula is C21H29N3O3. The Kier molecular flexibility index (Phi) is 8.07. The van der Waals surface area contributed by atoms with E-state index in [0.717, 1.165) is 17.7 Å². The predicted octanol–water partition coefficient (Wildman–Crippen LogP) is 3.65. The normalized spacial score (nSPS) is 11.9. The molecule has 0 spiro atoms. The Morgan fingerprint density at radius 1 is 1.19 bits per heavy atom. The minimum atomic E-state index is -0.512. The second-order valence-electron chi connectivity index (χ2n) is 6.84. The van der Waals surface area contributed by atoms with E-state index in [2.05, 4.69) is 17.2 Å². The third kappa shape index (κ3) is 6.90. The summed E-state index contributed by atoms with van der Waals surface area (Å²) in [7, 11) is 0. The van der Waals surface area contributed by atoms with Gasteiger partial charge in [0.1, 0.15) is 11.5 Å². The van der Waals surface area contributed by atoms with Crippen LogP contribution in [-0.4, -0.2) is 23.5 Å². The molecule has 1 aromatic heterocycles. The number of nitrogens with two attached hydrogens (primary N) is 1. The van der Waals surface area contributed by atoms with Crippen LogP contribution in [0.5, 0.6) is 17.4 Å². The van der Waals surface area contributed by atoms with Gasteiger partial charge < -0.3 is 20.5 Å². The molecule has 0 radical (unpaired) electrons. The summed E-state index contributed by atoms with van der Waals surface area (Å²) in [5.74, 6) is 2.11. The summed E-state index contributed by atoms with van der Waals surface area (Å²) >= 11 is 0. The van der Waals surface area contributed by atoms with Crippen molar-refractivity contribution in [2.75, 3.05) is 6.61 Å². The number of aromatic nitrogens is 1. The smallest absolute Gasteiger partial charge is 0.237 e. The Morgan fingerprint density at radius 3 is 2.56 bits per heavy atom. The molecule has 0 aliphatic heterocycles. The Morgan fingerprint density at radius 2 is 1.89 bits per heavy atom. The first-order valence-electron chi connectivity index (χ1n) is 9.37. The average Bonchev–Trinajstić information content (AvgIpc) is 2.66. The van der Waals surface area contributed by atoms with Gasteiger partial charge in [0.25, 0.3) is 0 Å². The number of carbonyl (C=O) groups excluding carboxylic acids is 1. The Labute approximate surface area is 161 Å². The lowest BCUT2D eigenvalue weighted by Crippen LogP contribution is -2.41. The van der Waals surface area contributed by atoms with Crippen LogP contribution in [0.3, 0.4) is 0 Å². The summed E-state index contributed by atoms with van der Waals surface area (Å²) in [4.78, 5) is 16.4. The van der Waals surface area contributed by atoms with Crippen LogP contribution in [0, 0.1) is 5.92 Å². The quantitative estimate of drug-likeness (QED) is 0.666. The van der Waals surface area contributed by atoms with Crippen LogP contribution in [0.4, 0.5) is 0 Å². The van der Waals surface area contributed by atoms with Crippen LogP contribution in [0.25, 0.3) is 0 Å². The largest absolute Gasteiger partial charge is 0.494 e. The van der Waals surface area contributed by atoms with Gasteiger partial charge in [0.05, 0.1) is 12.6 Å². The number of benzene rings is 1. The number of nitrogens with one attached hydrogen (secondary N) is 1. The van der Waals surface area contributed by atoms with Gasteiger partial charge in [-0.05, 0) is 49.1 Å². The standard InChI is InChI=1S/C21H29N3O3/c1-4-12-26-17-7-9-18(10-8-17)27-21-16(6-5-11-23-21)14-24-20(25)19(22)13-15(2)3/h5-11,15,19H,4,12-14,22H2,1-3H3,(H,24,25)/t19-/m0/s1. The van der Waals surface area contributed by atoms with Crippen molar-refractivity contribution in [3.8, 4) is 17.4 Å². The summed E-state index contributed by atoms with van der Waals surface area (Å²) in [5.41, 5.74) is 6.71. The van der Waals surface area contributed by atoms with Gasteiger partial charge in [-0.25, -0.2) is 4.98 Å². The van der Waals surface area contributed by atoms with E-state index >= 15 is 0 Å². The van der Waals surface area contributed by atoms with Crippen molar-refractivity contribution in [3.63, 3.8) is 0 Å². The molecule has 0 bridgehead atoms. The molecule has 6 nitrogen and oxygen atoms in total. The van der Waals surface area contributed by atoms with Crippen molar-refractivity contribution >= 4 is 5.91 Å². The molecule has 1 atom stereocenters. The number of amides is 1. The lowest BCUT2D eigenvalue weighted by molar-refractivity contribution is -0.122. The molecule has 2 aromatic rings. The van der Waals surface area contributed by atoms with Gasteiger partial charge in [0.15, 0.2) is 0 Å². The molecule has 3 N–H and O–H groups in total. The van der Waals surface area contributed by atoms with Crippen molar-refractivity contribution in [2.45, 2.75) is 46.2 Å². The first-order valence-corrected chi connectivity index (χ1v) is 9.37. The molecule has 1 amide bonds. The number of rotatable bonds is 10. The maximum Gasteiger partial charge on any atom is 0.237 e. The van der Waals surface area contributed by atoms with Crippen LogP contribution in [0.1, 0.15) is 39.2 Å². The number of nitrogens with zero attached hydrogens (tertiary/aromatic N) is 1. The molecule has 0 saturated heterocycles. The van der Waals surface area contributed by atoms with Gasteiger partial charge >= 0.3 is 0 Å². The van der Waals surface area contributed by atoms with Crippen LogP contribution in [-0.2, 0) is 11.3 Å². The molecule has 1 aromatic carbocycles. The van der Waals surface area contributed by atoms with E-state index in [1.165, 1.54) is 0 Å². The third-order valence-corrected chi connectivity index (χ3v) is 3.88. The van der Waals surface area contributed by atoms with Gasteiger partial charge in [-0.15, -0.1) is 0 Å². The van der Waals surface area contributed by atoms with Crippen molar-refractivity contribution in [3.05, 3.63) is 48.2 Å². The zero-order chi connectivity index (χ0) is 19.6. The lowest BCUT2D eigenvalue weighted by atomic mass is 10.0. The highest BCUT2D eigenvalue weighted by Gasteiger charge is 2.15. The van der Waals surface area contributed by atoms with E-state index in [-0.39, 0.29) is 5.91 Å². The van der Waals surface area contributed by atoms with Crippen LogP contribution >= 0.6 is 0 Å². The van der Waals surface area contributed by atoms with Gasteiger partial charge in [-0.2, -0.15) is 0 Å². The van der Waals surface area contributed by atoms with E-state index in [1.807, 2.05) is 50.2 Å². The Balaban J connectivity index is 1.98. The van der Waals surface area contributed by atoms with E-state index < -0.39 is 6.04 Å². The molecule has 6 heteroatoms. The number of hydrogen-bond donors (Lipinski definition) is 2. The fourth-order valence-electron chi connectivity index (χ4n) is 2.51. The molecule has 146 valence electrons.